The summed E-state index contributed by atoms with van der Waals surface area (Å²) in [4.78, 5) is 13.7. The summed E-state index contributed by atoms with van der Waals surface area (Å²) in [5, 5.41) is 12.8. The van der Waals surface area contributed by atoms with Crippen molar-refractivity contribution < 1.29 is 8.78 Å². The van der Waals surface area contributed by atoms with Crippen molar-refractivity contribution in [3.63, 3.8) is 0 Å². The Morgan fingerprint density at radius 3 is 2.61 bits per heavy atom. The molecule has 8 nitrogen and oxygen atoms in total. The molecule has 0 unspecified atom stereocenters. The first-order chi connectivity index (χ1) is 17.3. The van der Waals surface area contributed by atoms with Crippen LogP contribution in [0, 0.1) is 11.6 Å². The molecule has 0 bridgehead atoms. The second-order valence-electron chi connectivity index (χ2n) is 9.20. The largest absolute Gasteiger partial charge is 0.338 e. The maximum atomic E-state index is 15.4. The maximum absolute atomic E-state index is 15.4. The van der Waals surface area contributed by atoms with E-state index in [1.54, 1.807) is 48.4 Å². The van der Waals surface area contributed by atoms with Gasteiger partial charge in [0.05, 0.1) is 34.5 Å². The van der Waals surface area contributed by atoms with Gasteiger partial charge in [-0.05, 0) is 43.7 Å². The highest BCUT2D eigenvalue weighted by molar-refractivity contribution is 5.81. The van der Waals surface area contributed by atoms with E-state index in [2.05, 4.69) is 10.4 Å². The third-order valence-electron chi connectivity index (χ3n) is 7.07. The summed E-state index contributed by atoms with van der Waals surface area (Å²) in [6.07, 6.45) is 5.38. The van der Waals surface area contributed by atoms with Crippen LogP contribution < -0.4 is 11.0 Å². The molecule has 10 heteroatoms. The third kappa shape index (κ3) is 3.32. The molecule has 1 aliphatic rings. The van der Waals surface area contributed by atoms with E-state index < -0.39 is 11.5 Å². The highest BCUT2D eigenvalue weighted by Crippen LogP contribution is 2.32. The number of rotatable bonds is 4. The van der Waals surface area contributed by atoms with Crippen molar-refractivity contribution in [2.75, 3.05) is 6.54 Å². The molecule has 0 aliphatic carbocycles. The third-order valence-corrected chi connectivity index (χ3v) is 7.07. The van der Waals surface area contributed by atoms with Gasteiger partial charge in [-0.2, -0.15) is 10.2 Å². The molecule has 3 aromatic heterocycles. The molecule has 1 N–H and O–H groups in total. The van der Waals surface area contributed by atoms with Crippen LogP contribution in [0.3, 0.4) is 0 Å². The van der Waals surface area contributed by atoms with Gasteiger partial charge in [0.15, 0.2) is 5.82 Å². The zero-order valence-corrected chi connectivity index (χ0v) is 20.1. The van der Waals surface area contributed by atoms with Gasteiger partial charge in [0.2, 0.25) is 0 Å². The summed E-state index contributed by atoms with van der Waals surface area (Å²) in [6.45, 7) is 4.78. The Bertz CT molecular complexity index is 1660. The fourth-order valence-electron chi connectivity index (χ4n) is 5.10. The van der Waals surface area contributed by atoms with Gasteiger partial charge >= 0.3 is 5.69 Å². The summed E-state index contributed by atoms with van der Waals surface area (Å²) in [6, 6.07) is 9.31. The molecule has 4 heterocycles. The lowest BCUT2D eigenvalue weighted by molar-refractivity contribution is 0.533. The molecule has 0 amide bonds. The second kappa shape index (κ2) is 8.27. The van der Waals surface area contributed by atoms with Crippen molar-refractivity contribution in [3.05, 3.63) is 93.9 Å². The van der Waals surface area contributed by atoms with E-state index in [1.165, 1.54) is 27.5 Å². The Kier molecular flexibility index (Phi) is 5.15. The Balaban J connectivity index is 1.53. The van der Waals surface area contributed by atoms with E-state index in [9.17, 15) is 9.18 Å². The molecular weight excluding hydrogens is 464 g/mol. The van der Waals surface area contributed by atoms with Crippen LogP contribution in [0.1, 0.15) is 42.8 Å². The molecule has 0 saturated heterocycles. The van der Waals surface area contributed by atoms with Crippen LogP contribution in [-0.2, 0) is 13.5 Å². The Morgan fingerprint density at radius 2 is 1.83 bits per heavy atom. The summed E-state index contributed by atoms with van der Waals surface area (Å²) in [5.74, 6) is -0.205. The van der Waals surface area contributed by atoms with E-state index in [0.29, 0.717) is 16.7 Å². The number of imidazole rings is 1. The SMILES string of the molecule is C[C@@H]1NCCc2nn([C@H](C)c3ccc(F)cc3)c(-n3ccn(-c4ccc5c(cnn5C)c4F)c3=O)c21. The van der Waals surface area contributed by atoms with Crippen LogP contribution in [0.25, 0.3) is 22.4 Å². The first-order valence-corrected chi connectivity index (χ1v) is 11.9. The van der Waals surface area contributed by atoms with Crippen LogP contribution in [0.5, 0.6) is 0 Å². The van der Waals surface area contributed by atoms with Crippen LogP contribution in [0.2, 0.25) is 0 Å². The minimum absolute atomic E-state index is 0.0309. The van der Waals surface area contributed by atoms with Crippen molar-refractivity contribution in [1.29, 1.82) is 0 Å². The molecule has 2 atom stereocenters. The highest BCUT2D eigenvalue weighted by atomic mass is 19.1. The minimum atomic E-state index is -0.509. The fraction of sp³-hybridized carbons (Fsp3) is 0.269. The van der Waals surface area contributed by atoms with Crippen molar-refractivity contribution >= 4 is 10.9 Å². The van der Waals surface area contributed by atoms with Crippen molar-refractivity contribution in [3.8, 4) is 11.5 Å². The number of fused-ring (bicyclic) bond motifs is 2. The van der Waals surface area contributed by atoms with Gasteiger partial charge in [0, 0.05) is 44.0 Å². The van der Waals surface area contributed by atoms with Crippen molar-refractivity contribution in [2.24, 2.45) is 7.05 Å². The quantitative estimate of drug-likeness (QED) is 0.417. The van der Waals surface area contributed by atoms with E-state index in [4.69, 9.17) is 5.10 Å². The van der Waals surface area contributed by atoms with E-state index in [-0.39, 0.29) is 23.6 Å². The molecule has 0 spiro atoms. The number of halogens is 2. The number of hydrogen-bond donors (Lipinski definition) is 1. The second-order valence-corrected chi connectivity index (χ2v) is 9.20. The number of nitrogens with one attached hydrogen (secondary N) is 1. The molecular formula is C26H25F2N7O. The van der Waals surface area contributed by atoms with Gasteiger partial charge in [0.1, 0.15) is 11.6 Å². The van der Waals surface area contributed by atoms with Crippen LogP contribution in [0.15, 0.2) is 59.8 Å². The first-order valence-electron chi connectivity index (χ1n) is 11.9. The molecule has 0 saturated carbocycles. The van der Waals surface area contributed by atoms with Crippen LogP contribution >= 0.6 is 0 Å². The Labute approximate surface area is 205 Å². The van der Waals surface area contributed by atoms with Crippen molar-refractivity contribution in [2.45, 2.75) is 32.4 Å². The lowest BCUT2D eigenvalue weighted by atomic mass is 10.0. The molecule has 5 aromatic rings. The predicted octanol–water partition coefficient (Wildman–Crippen LogP) is 3.81. The zero-order chi connectivity index (χ0) is 25.1. The summed E-state index contributed by atoms with van der Waals surface area (Å²) in [5.41, 5.74) is 3.08. The Hall–Kier alpha value is -4.05. The summed E-state index contributed by atoms with van der Waals surface area (Å²) >= 11 is 0. The molecule has 36 heavy (non-hydrogen) atoms. The van der Waals surface area contributed by atoms with E-state index in [1.807, 2.05) is 18.5 Å². The van der Waals surface area contributed by atoms with Gasteiger partial charge in [0.25, 0.3) is 0 Å². The highest BCUT2D eigenvalue weighted by Gasteiger charge is 2.30. The predicted molar refractivity (Wildman–Crippen MR) is 132 cm³/mol. The number of aryl methyl sites for hydroxylation is 1. The number of hydrogen-bond acceptors (Lipinski definition) is 4. The molecule has 0 radical (unpaired) electrons. The topological polar surface area (TPSA) is 74.6 Å². The van der Waals surface area contributed by atoms with Gasteiger partial charge in [-0.3, -0.25) is 13.8 Å². The van der Waals surface area contributed by atoms with E-state index in [0.717, 1.165) is 29.8 Å². The average molecular weight is 490 g/mol. The number of nitrogens with zero attached hydrogens (tertiary/aromatic N) is 6. The monoisotopic (exact) mass is 489 g/mol. The molecule has 2 aromatic carbocycles. The van der Waals surface area contributed by atoms with Crippen LogP contribution in [0.4, 0.5) is 8.78 Å². The van der Waals surface area contributed by atoms with Gasteiger partial charge < -0.3 is 5.32 Å². The minimum Gasteiger partial charge on any atom is -0.310 e. The van der Waals surface area contributed by atoms with Gasteiger partial charge in [-0.1, -0.05) is 12.1 Å². The normalized spacial score (nSPS) is 16.4. The maximum Gasteiger partial charge on any atom is 0.338 e. The molecule has 1 aliphatic heterocycles. The molecule has 6 rings (SSSR count). The smallest absolute Gasteiger partial charge is 0.310 e. The fourth-order valence-corrected chi connectivity index (χ4v) is 5.10. The number of aromatic nitrogens is 6. The van der Waals surface area contributed by atoms with E-state index >= 15 is 4.39 Å². The molecule has 0 fully saturated rings. The van der Waals surface area contributed by atoms with Crippen molar-refractivity contribution in [1.82, 2.24) is 34.0 Å². The summed E-state index contributed by atoms with van der Waals surface area (Å²) < 4.78 is 35.2. The molecule has 184 valence electrons. The lowest BCUT2D eigenvalue weighted by Gasteiger charge is -2.21. The zero-order valence-electron chi connectivity index (χ0n) is 20.1. The Morgan fingerprint density at radius 1 is 1.08 bits per heavy atom. The summed E-state index contributed by atoms with van der Waals surface area (Å²) in [7, 11) is 1.74. The van der Waals surface area contributed by atoms with Gasteiger partial charge in [-0.15, -0.1) is 0 Å². The first kappa shape index (κ1) is 22.4. The van der Waals surface area contributed by atoms with Gasteiger partial charge in [-0.25, -0.2) is 18.3 Å². The standard InChI is InChI=1S/C26H25F2N7O/c1-15-23-20(10-11-29-15)31-35(16(2)17-4-6-18(27)7-5-17)25(23)34-13-12-33(26(34)36)22-9-8-21-19(24(22)28)14-30-32(21)3/h4-9,12-16,29H,10-11H2,1-3H3/t15-,16+/m0/s1. The number of benzene rings is 2. The van der Waals surface area contributed by atoms with Crippen LogP contribution in [-0.4, -0.2) is 35.2 Å². The average Bonchev–Trinajstić information content (AvgIpc) is 3.55. The lowest BCUT2D eigenvalue weighted by Crippen LogP contribution is -2.30.